The molecular formula is C19H24N4O2S. The summed E-state index contributed by atoms with van der Waals surface area (Å²) in [5.74, 6) is 0.314. The molecule has 2 unspecified atom stereocenters. The molecule has 26 heavy (non-hydrogen) atoms. The van der Waals surface area contributed by atoms with E-state index in [-0.39, 0.29) is 17.9 Å². The predicted octanol–water partition coefficient (Wildman–Crippen LogP) is 2.45. The minimum absolute atomic E-state index is 0.00841. The van der Waals surface area contributed by atoms with E-state index in [4.69, 9.17) is 0 Å². The lowest BCUT2D eigenvalue weighted by molar-refractivity contribution is -0.119. The molecule has 2 amide bonds. The van der Waals surface area contributed by atoms with Crippen LogP contribution in [0.3, 0.4) is 0 Å². The SMILES string of the molecule is CC(=O)NCC1CCn2ncc(C(=O)NC3CCCc4sccc43)c2C1. The second-order valence-electron chi connectivity index (χ2n) is 7.24. The van der Waals surface area contributed by atoms with Gasteiger partial charge in [-0.1, -0.05) is 0 Å². The maximum atomic E-state index is 12.9. The number of fused-ring (bicyclic) bond motifs is 2. The first-order chi connectivity index (χ1) is 12.6. The summed E-state index contributed by atoms with van der Waals surface area (Å²) in [5, 5.41) is 12.6. The van der Waals surface area contributed by atoms with Crippen LogP contribution in [-0.4, -0.2) is 28.1 Å². The highest BCUT2D eigenvalue weighted by molar-refractivity contribution is 7.10. The van der Waals surface area contributed by atoms with Crippen LogP contribution in [0, 0.1) is 5.92 Å². The van der Waals surface area contributed by atoms with Gasteiger partial charge in [0.1, 0.15) is 0 Å². The Morgan fingerprint density at radius 3 is 3.12 bits per heavy atom. The van der Waals surface area contributed by atoms with Gasteiger partial charge in [-0.25, -0.2) is 0 Å². The van der Waals surface area contributed by atoms with E-state index < -0.39 is 0 Å². The van der Waals surface area contributed by atoms with Crippen molar-refractivity contribution < 1.29 is 9.59 Å². The van der Waals surface area contributed by atoms with Crippen LogP contribution < -0.4 is 10.6 Å². The molecular weight excluding hydrogens is 348 g/mol. The van der Waals surface area contributed by atoms with Crippen LogP contribution in [0.25, 0.3) is 0 Å². The van der Waals surface area contributed by atoms with Gasteiger partial charge in [0.15, 0.2) is 0 Å². The Labute approximate surface area is 157 Å². The van der Waals surface area contributed by atoms with E-state index in [1.807, 2.05) is 4.68 Å². The van der Waals surface area contributed by atoms with Crippen molar-refractivity contribution in [3.05, 3.63) is 39.3 Å². The number of nitrogens with zero attached hydrogens (tertiary/aromatic N) is 2. The molecule has 2 aromatic heterocycles. The second kappa shape index (κ2) is 7.23. The summed E-state index contributed by atoms with van der Waals surface area (Å²) < 4.78 is 1.94. The Morgan fingerprint density at radius 2 is 2.27 bits per heavy atom. The molecule has 2 atom stereocenters. The molecule has 1 aliphatic carbocycles. The zero-order valence-electron chi connectivity index (χ0n) is 15.0. The van der Waals surface area contributed by atoms with E-state index in [1.165, 1.54) is 17.4 Å². The third-order valence-corrected chi connectivity index (χ3v) is 6.42. The van der Waals surface area contributed by atoms with Gasteiger partial charge in [0.05, 0.1) is 23.5 Å². The Balaban J connectivity index is 1.47. The van der Waals surface area contributed by atoms with Crippen molar-refractivity contribution in [2.24, 2.45) is 5.92 Å². The molecule has 2 aromatic rings. The highest BCUT2D eigenvalue weighted by Crippen LogP contribution is 2.33. The average molecular weight is 372 g/mol. The lowest BCUT2D eigenvalue weighted by Gasteiger charge is -2.26. The zero-order chi connectivity index (χ0) is 18.1. The third-order valence-electron chi connectivity index (χ3n) is 5.42. The summed E-state index contributed by atoms with van der Waals surface area (Å²) in [6, 6.07) is 2.24. The fraction of sp³-hybridized carbons (Fsp3) is 0.526. The summed E-state index contributed by atoms with van der Waals surface area (Å²) in [7, 11) is 0. The van der Waals surface area contributed by atoms with Crippen molar-refractivity contribution in [1.82, 2.24) is 20.4 Å². The van der Waals surface area contributed by atoms with Gasteiger partial charge in [-0.2, -0.15) is 5.10 Å². The first-order valence-electron chi connectivity index (χ1n) is 9.28. The molecule has 3 heterocycles. The van der Waals surface area contributed by atoms with Crippen molar-refractivity contribution in [1.29, 1.82) is 0 Å². The van der Waals surface area contributed by atoms with Crippen molar-refractivity contribution in [3.8, 4) is 0 Å². The molecule has 0 fully saturated rings. The molecule has 1 aliphatic heterocycles. The smallest absolute Gasteiger partial charge is 0.255 e. The van der Waals surface area contributed by atoms with Crippen molar-refractivity contribution in [2.75, 3.05) is 6.54 Å². The van der Waals surface area contributed by atoms with Gasteiger partial charge in [0, 0.05) is 24.9 Å². The molecule has 0 saturated heterocycles. The number of carbonyl (C=O) groups excluding carboxylic acids is 2. The molecule has 6 nitrogen and oxygen atoms in total. The molecule has 0 aromatic carbocycles. The first-order valence-corrected chi connectivity index (χ1v) is 10.2. The van der Waals surface area contributed by atoms with Crippen molar-refractivity contribution >= 4 is 23.2 Å². The van der Waals surface area contributed by atoms with E-state index in [1.54, 1.807) is 17.5 Å². The maximum Gasteiger partial charge on any atom is 0.255 e. The van der Waals surface area contributed by atoms with Gasteiger partial charge in [-0.3, -0.25) is 14.3 Å². The molecule has 0 saturated carbocycles. The summed E-state index contributed by atoms with van der Waals surface area (Å²) in [6.45, 7) is 2.99. The first kappa shape index (κ1) is 17.3. The summed E-state index contributed by atoms with van der Waals surface area (Å²) in [4.78, 5) is 25.5. The Hall–Kier alpha value is -2.15. The largest absolute Gasteiger partial charge is 0.356 e. The van der Waals surface area contributed by atoms with E-state index >= 15 is 0 Å². The summed E-state index contributed by atoms with van der Waals surface area (Å²) >= 11 is 1.78. The van der Waals surface area contributed by atoms with Crippen molar-refractivity contribution in [2.45, 2.75) is 51.6 Å². The molecule has 0 spiro atoms. The van der Waals surface area contributed by atoms with Crippen LogP contribution in [0.1, 0.15) is 58.7 Å². The lowest BCUT2D eigenvalue weighted by Crippen LogP contribution is -2.34. The van der Waals surface area contributed by atoms with Gasteiger partial charge in [-0.05, 0) is 55.0 Å². The van der Waals surface area contributed by atoms with Crippen LogP contribution in [0.4, 0.5) is 0 Å². The van der Waals surface area contributed by atoms with Gasteiger partial charge >= 0.3 is 0 Å². The standard InChI is InChI=1S/C19H24N4O2S/c1-12(24)20-10-13-5-7-23-17(9-13)15(11-21-23)19(25)22-16-3-2-4-18-14(16)6-8-26-18/h6,8,11,13,16H,2-5,7,9-10H2,1H3,(H,20,24)(H,22,25). The van der Waals surface area contributed by atoms with E-state index in [0.29, 0.717) is 18.0 Å². The molecule has 2 aliphatic rings. The number of carbonyl (C=O) groups is 2. The number of nitrogens with one attached hydrogen (secondary N) is 2. The number of thiophene rings is 1. The third kappa shape index (κ3) is 3.40. The van der Waals surface area contributed by atoms with Crippen LogP contribution >= 0.6 is 11.3 Å². The minimum atomic E-state index is -0.0320. The zero-order valence-corrected chi connectivity index (χ0v) is 15.8. The highest BCUT2D eigenvalue weighted by atomic mass is 32.1. The lowest BCUT2D eigenvalue weighted by atomic mass is 9.92. The Bertz CT molecular complexity index is 825. The van der Waals surface area contributed by atoms with Crippen LogP contribution in [0.15, 0.2) is 17.6 Å². The predicted molar refractivity (Wildman–Crippen MR) is 100 cm³/mol. The summed E-state index contributed by atoms with van der Waals surface area (Å²) in [5.41, 5.74) is 2.95. The summed E-state index contributed by atoms with van der Waals surface area (Å²) in [6.07, 6.45) is 6.66. The van der Waals surface area contributed by atoms with Crippen LogP contribution in [0.5, 0.6) is 0 Å². The second-order valence-corrected chi connectivity index (χ2v) is 8.24. The van der Waals surface area contributed by atoms with E-state index in [0.717, 1.165) is 44.3 Å². The number of rotatable bonds is 4. The van der Waals surface area contributed by atoms with Gasteiger partial charge in [-0.15, -0.1) is 11.3 Å². The molecule has 2 N–H and O–H groups in total. The Morgan fingerprint density at radius 1 is 1.38 bits per heavy atom. The van der Waals surface area contributed by atoms with Crippen LogP contribution in [-0.2, 0) is 24.2 Å². The number of amides is 2. The molecule has 0 radical (unpaired) electrons. The molecule has 138 valence electrons. The molecule has 0 bridgehead atoms. The van der Waals surface area contributed by atoms with Gasteiger partial charge in [0.2, 0.25) is 5.91 Å². The topological polar surface area (TPSA) is 76.0 Å². The monoisotopic (exact) mass is 372 g/mol. The highest BCUT2D eigenvalue weighted by Gasteiger charge is 2.28. The van der Waals surface area contributed by atoms with Crippen LogP contribution in [0.2, 0.25) is 0 Å². The normalized spacial score (nSPS) is 21.6. The quantitative estimate of drug-likeness (QED) is 0.866. The minimum Gasteiger partial charge on any atom is -0.356 e. The van der Waals surface area contributed by atoms with E-state index in [2.05, 4.69) is 27.2 Å². The molecule has 7 heteroatoms. The Kier molecular flexibility index (Phi) is 4.80. The van der Waals surface area contributed by atoms with Gasteiger partial charge < -0.3 is 10.6 Å². The maximum absolute atomic E-state index is 12.9. The van der Waals surface area contributed by atoms with E-state index in [9.17, 15) is 9.59 Å². The van der Waals surface area contributed by atoms with Gasteiger partial charge in [0.25, 0.3) is 5.91 Å². The van der Waals surface area contributed by atoms with Crippen molar-refractivity contribution in [3.63, 3.8) is 0 Å². The molecule has 4 rings (SSSR count). The average Bonchev–Trinajstić information content (AvgIpc) is 3.26. The fourth-order valence-electron chi connectivity index (χ4n) is 4.02. The number of hydrogen-bond acceptors (Lipinski definition) is 4. The number of aryl methyl sites for hydroxylation is 2. The number of aromatic nitrogens is 2. The number of hydrogen-bond donors (Lipinski definition) is 2. The fourth-order valence-corrected chi connectivity index (χ4v) is 5.01.